The van der Waals surface area contributed by atoms with Crippen LogP contribution >= 0.6 is 35.3 Å². The van der Waals surface area contributed by atoms with Crippen LogP contribution in [0.5, 0.6) is 0 Å². The van der Waals surface area contributed by atoms with Crippen LogP contribution < -0.4 is 11.4 Å². The van der Waals surface area contributed by atoms with Crippen LogP contribution in [0.15, 0.2) is 87.1 Å². The molecule has 0 aliphatic heterocycles. The summed E-state index contributed by atoms with van der Waals surface area (Å²) in [6, 6.07) is 18.5. The number of hydrogen-bond donors (Lipinski definition) is 3. The van der Waals surface area contributed by atoms with Gasteiger partial charge < -0.3 is 15.5 Å². The molecule has 0 aliphatic carbocycles. The third-order valence-electron chi connectivity index (χ3n) is 5.80. The molecular formula is C25H23BrF2N3O4PS. The van der Waals surface area contributed by atoms with Gasteiger partial charge in [0.25, 0.3) is 0 Å². The molecule has 0 amide bonds. The van der Waals surface area contributed by atoms with Crippen LogP contribution in [0.2, 0.25) is 0 Å². The van der Waals surface area contributed by atoms with Gasteiger partial charge in [-0.2, -0.15) is 8.78 Å². The molecule has 0 atom stereocenters. The Morgan fingerprint density at radius 1 is 1.03 bits per heavy atom. The minimum absolute atomic E-state index is 0.0444. The van der Waals surface area contributed by atoms with Gasteiger partial charge in [-0.1, -0.05) is 52.3 Å². The first-order chi connectivity index (χ1) is 17.4. The number of anilines is 1. The molecule has 0 unspecified atom stereocenters. The average Bonchev–Trinajstić information content (AvgIpc) is 3.13. The summed E-state index contributed by atoms with van der Waals surface area (Å²) in [7, 11) is -5.73. The van der Waals surface area contributed by atoms with Gasteiger partial charge in [-0.3, -0.25) is 13.7 Å². The summed E-state index contributed by atoms with van der Waals surface area (Å²) in [6.45, 7) is 0.326. The molecule has 0 fully saturated rings. The van der Waals surface area contributed by atoms with E-state index in [-0.39, 0.29) is 23.3 Å². The van der Waals surface area contributed by atoms with Gasteiger partial charge >= 0.3 is 18.9 Å². The van der Waals surface area contributed by atoms with Crippen molar-refractivity contribution in [2.24, 2.45) is 0 Å². The number of imidazole rings is 1. The Labute approximate surface area is 224 Å². The van der Waals surface area contributed by atoms with Crippen molar-refractivity contribution in [3.8, 4) is 11.3 Å². The topological polar surface area (TPSA) is 110 Å². The SMILES string of the molecule is CSc1ccc(-c2cn(Cc3cccc(N)c3)c(=O)n2Cc2ccc(C(F)(F)P(=O)(O)O)c(Br)c2)cc1. The van der Waals surface area contributed by atoms with Gasteiger partial charge in [0, 0.05) is 26.8 Å². The Kier molecular flexibility index (Phi) is 7.83. The zero-order valence-corrected chi connectivity index (χ0v) is 22.8. The fourth-order valence-corrected chi connectivity index (χ4v) is 5.66. The standard InChI is InChI=1S/C25H23BrF2N3O4PS/c1-37-20-8-6-18(7-9-20)23-15-30(13-16-3-2-4-19(29)11-16)24(32)31(23)14-17-5-10-21(22(26)12-17)25(27,28)36(33,34)35/h2-12,15H,13-14,29H2,1H3,(H2,33,34,35). The Hall–Kier alpha value is -2.69. The van der Waals surface area contributed by atoms with Gasteiger partial charge in [0.1, 0.15) is 0 Å². The highest BCUT2D eigenvalue weighted by Crippen LogP contribution is 2.60. The third-order valence-corrected chi connectivity index (χ3v) is 8.17. The maximum Gasteiger partial charge on any atom is 0.399 e. The number of thioether (sulfide) groups is 1. The monoisotopic (exact) mass is 609 g/mol. The molecule has 7 nitrogen and oxygen atoms in total. The van der Waals surface area contributed by atoms with E-state index in [0.29, 0.717) is 16.9 Å². The van der Waals surface area contributed by atoms with Gasteiger partial charge in [-0.15, -0.1) is 11.8 Å². The summed E-state index contributed by atoms with van der Waals surface area (Å²) < 4.78 is 42.8. The second-order valence-electron chi connectivity index (χ2n) is 8.38. The van der Waals surface area contributed by atoms with E-state index in [1.807, 2.05) is 36.6 Å². The molecule has 1 aromatic heterocycles. The first kappa shape index (κ1) is 27.3. The smallest absolute Gasteiger partial charge is 0.399 e. The molecule has 0 radical (unpaired) electrons. The largest absolute Gasteiger partial charge is 0.399 e. The predicted molar refractivity (Wildman–Crippen MR) is 145 cm³/mol. The van der Waals surface area contributed by atoms with Crippen molar-refractivity contribution in [2.45, 2.75) is 23.6 Å². The molecule has 4 aromatic rings. The first-order valence-corrected chi connectivity index (χ1v) is 14.5. The van der Waals surface area contributed by atoms with Crippen molar-refractivity contribution < 1.29 is 23.1 Å². The van der Waals surface area contributed by atoms with Gasteiger partial charge in [0.2, 0.25) is 0 Å². The fraction of sp³-hybridized carbons (Fsp3) is 0.160. The number of alkyl halides is 2. The second-order valence-corrected chi connectivity index (χ2v) is 11.8. The summed E-state index contributed by atoms with van der Waals surface area (Å²) >= 11 is 4.60. The third kappa shape index (κ3) is 5.76. The van der Waals surface area contributed by atoms with Gasteiger partial charge in [-0.25, -0.2) is 4.79 Å². The lowest BCUT2D eigenvalue weighted by molar-refractivity contribution is 0.0557. The lowest BCUT2D eigenvalue weighted by Gasteiger charge is -2.19. The average molecular weight is 610 g/mol. The Morgan fingerprint density at radius 3 is 2.30 bits per heavy atom. The summed E-state index contributed by atoms with van der Waals surface area (Å²) in [5.41, 5.74) is 3.72. The molecular weight excluding hydrogens is 587 g/mol. The number of nitrogens with zero attached hydrogens (tertiary/aromatic N) is 2. The summed E-state index contributed by atoms with van der Waals surface area (Å²) in [5.74, 6) is 0. The van der Waals surface area contributed by atoms with E-state index >= 15 is 0 Å². The van der Waals surface area contributed by atoms with Gasteiger partial charge in [0.15, 0.2) is 0 Å². The van der Waals surface area contributed by atoms with E-state index < -0.39 is 18.8 Å². The zero-order chi connectivity index (χ0) is 27.0. The quantitative estimate of drug-likeness (QED) is 0.134. The van der Waals surface area contributed by atoms with Crippen molar-refractivity contribution in [1.29, 1.82) is 0 Å². The van der Waals surface area contributed by atoms with Crippen molar-refractivity contribution in [3.63, 3.8) is 0 Å². The molecule has 4 rings (SSSR count). The highest BCUT2D eigenvalue weighted by Gasteiger charge is 2.51. The number of rotatable bonds is 8. The zero-order valence-electron chi connectivity index (χ0n) is 19.5. The second kappa shape index (κ2) is 10.6. The van der Waals surface area contributed by atoms with Crippen molar-refractivity contribution in [2.75, 3.05) is 12.0 Å². The minimum atomic E-state index is -5.73. The van der Waals surface area contributed by atoms with Crippen molar-refractivity contribution >= 4 is 41.0 Å². The lowest BCUT2D eigenvalue weighted by Crippen LogP contribution is -2.25. The van der Waals surface area contributed by atoms with E-state index in [9.17, 15) is 18.1 Å². The maximum absolute atomic E-state index is 14.3. The minimum Gasteiger partial charge on any atom is -0.399 e. The molecule has 194 valence electrons. The van der Waals surface area contributed by atoms with Crippen LogP contribution in [-0.2, 0) is 23.3 Å². The summed E-state index contributed by atoms with van der Waals surface area (Å²) in [6.07, 6.45) is 3.70. The summed E-state index contributed by atoms with van der Waals surface area (Å²) in [4.78, 5) is 32.7. The predicted octanol–water partition coefficient (Wildman–Crippen LogP) is 5.71. The Bertz CT molecular complexity index is 1550. The normalized spacial score (nSPS) is 12.2. The Balaban J connectivity index is 1.76. The molecule has 0 bridgehead atoms. The molecule has 3 aromatic carbocycles. The van der Waals surface area contributed by atoms with Crippen LogP contribution in [0.3, 0.4) is 0 Å². The van der Waals surface area contributed by atoms with Crippen LogP contribution in [-0.4, -0.2) is 25.2 Å². The maximum atomic E-state index is 14.3. The Morgan fingerprint density at radius 2 is 1.70 bits per heavy atom. The van der Waals surface area contributed by atoms with Crippen molar-refractivity contribution in [3.05, 3.63) is 105 Å². The van der Waals surface area contributed by atoms with E-state index in [1.54, 1.807) is 40.7 Å². The lowest BCUT2D eigenvalue weighted by atomic mass is 10.1. The fourth-order valence-electron chi connectivity index (χ4n) is 3.92. The van der Waals surface area contributed by atoms with E-state index in [0.717, 1.165) is 22.1 Å². The molecule has 0 spiro atoms. The van der Waals surface area contributed by atoms with Gasteiger partial charge in [-0.05, 0) is 53.3 Å². The van der Waals surface area contributed by atoms with Crippen LogP contribution in [0.25, 0.3) is 11.3 Å². The van der Waals surface area contributed by atoms with Crippen LogP contribution in [0.1, 0.15) is 16.7 Å². The van der Waals surface area contributed by atoms with E-state index in [4.69, 9.17) is 15.5 Å². The molecule has 4 N–H and O–H groups in total. The van der Waals surface area contributed by atoms with Crippen LogP contribution in [0.4, 0.5) is 14.5 Å². The summed E-state index contributed by atoms with van der Waals surface area (Å²) in [5, 5.41) is 0. The van der Waals surface area contributed by atoms with E-state index in [2.05, 4.69) is 15.9 Å². The molecule has 0 saturated heterocycles. The molecule has 0 saturated carbocycles. The van der Waals surface area contributed by atoms with E-state index in [1.165, 1.54) is 16.7 Å². The number of benzene rings is 3. The molecule has 12 heteroatoms. The highest BCUT2D eigenvalue weighted by molar-refractivity contribution is 9.10. The number of nitrogens with two attached hydrogens (primary N) is 1. The first-order valence-electron chi connectivity index (χ1n) is 10.9. The van der Waals surface area contributed by atoms with Crippen molar-refractivity contribution in [1.82, 2.24) is 9.13 Å². The number of nitrogen functional groups attached to an aromatic ring is 1. The number of halogens is 3. The van der Waals surface area contributed by atoms with Crippen LogP contribution in [0, 0.1) is 0 Å². The van der Waals surface area contributed by atoms with Gasteiger partial charge in [0.05, 0.1) is 18.8 Å². The molecule has 1 heterocycles. The molecule has 37 heavy (non-hydrogen) atoms. The number of hydrogen-bond acceptors (Lipinski definition) is 4. The number of aromatic nitrogens is 2. The molecule has 0 aliphatic rings. The highest BCUT2D eigenvalue weighted by atomic mass is 79.9.